The van der Waals surface area contributed by atoms with E-state index in [1.54, 1.807) is 5.38 Å². The molecule has 0 unspecified atom stereocenters. The lowest BCUT2D eigenvalue weighted by molar-refractivity contribution is -0.132. The molecule has 0 fully saturated rings. The summed E-state index contributed by atoms with van der Waals surface area (Å²) in [7, 11) is 0. The van der Waals surface area contributed by atoms with Crippen molar-refractivity contribution in [2.75, 3.05) is 0 Å². The molecule has 1 rings (SSSR count). The highest BCUT2D eigenvalue weighted by atomic mass is 32.1. The van der Waals surface area contributed by atoms with E-state index in [-0.39, 0.29) is 5.57 Å². The molecule has 4 nitrogen and oxygen atoms in total. The third kappa shape index (κ3) is 2.12. The molecule has 0 saturated carbocycles. The zero-order valence-electron chi connectivity index (χ0n) is 5.81. The second-order valence-corrected chi connectivity index (χ2v) is 2.57. The quantitative estimate of drug-likeness (QED) is 0.673. The summed E-state index contributed by atoms with van der Waals surface area (Å²) in [6.07, 6.45) is 1.48. The van der Waals surface area contributed by atoms with Crippen LogP contribution in [0.1, 0.15) is 12.6 Å². The molecule has 0 saturated heterocycles. The van der Waals surface area contributed by atoms with Gasteiger partial charge in [-0.2, -0.15) is 0 Å². The predicted octanol–water partition coefficient (Wildman–Crippen LogP) is 1.03. The van der Waals surface area contributed by atoms with Crippen LogP contribution in [-0.2, 0) is 4.79 Å². The molecule has 0 aromatic carbocycles. The highest BCUT2D eigenvalue weighted by Gasteiger charge is 2.00. The molecule has 0 bridgehead atoms. The van der Waals surface area contributed by atoms with Crippen molar-refractivity contribution in [1.82, 2.24) is 9.59 Å². The van der Waals surface area contributed by atoms with Crippen LogP contribution in [-0.4, -0.2) is 20.7 Å². The SMILES string of the molecule is C/C(=C/c1csnn1)C(=O)O. The van der Waals surface area contributed by atoms with E-state index in [2.05, 4.69) is 9.59 Å². The van der Waals surface area contributed by atoms with Crippen molar-refractivity contribution in [1.29, 1.82) is 0 Å². The van der Waals surface area contributed by atoms with Gasteiger partial charge in [-0.3, -0.25) is 0 Å². The first-order valence-electron chi connectivity index (χ1n) is 2.89. The van der Waals surface area contributed by atoms with Crippen molar-refractivity contribution in [2.24, 2.45) is 0 Å². The summed E-state index contributed by atoms with van der Waals surface area (Å²) in [6.45, 7) is 1.52. The summed E-state index contributed by atoms with van der Waals surface area (Å²) in [4.78, 5) is 10.3. The Hall–Kier alpha value is -1.23. The van der Waals surface area contributed by atoms with E-state index in [0.717, 1.165) is 0 Å². The van der Waals surface area contributed by atoms with Crippen molar-refractivity contribution in [3.63, 3.8) is 0 Å². The average Bonchev–Trinajstić information content (AvgIpc) is 2.39. The number of carbonyl (C=O) groups is 1. The molecule has 0 atom stereocenters. The van der Waals surface area contributed by atoms with E-state index < -0.39 is 5.97 Å². The van der Waals surface area contributed by atoms with Crippen LogP contribution >= 0.6 is 11.5 Å². The van der Waals surface area contributed by atoms with E-state index in [0.29, 0.717) is 5.69 Å². The van der Waals surface area contributed by atoms with Crippen molar-refractivity contribution < 1.29 is 9.90 Å². The fourth-order valence-corrected chi connectivity index (χ4v) is 0.930. The van der Waals surface area contributed by atoms with E-state index in [9.17, 15) is 4.79 Å². The van der Waals surface area contributed by atoms with E-state index in [1.165, 1.54) is 24.5 Å². The van der Waals surface area contributed by atoms with Crippen LogP contribution in [0.5, 0.6) is 0 Å². The van der Waals surface area contributed by atoms with E-state index >= 15 is 0 Å². The number of rotatable bonds is 2. The number of hydrogen-bond acceptors (Lipinski definition) is 4. The van der Waals surface area contributed by atoms with Crippen LogP contribution in [0, 0.1) is 0 Å². The molecule has 5 heteroatoms. The van der Waals surface area contributed by atoms with Gasteiger partial charge in [0.05, 0.1) is 5.69 Å². The van der Waals surface area contributed by atoms with Gasteiger partial charge in [-0.25, -0.2) is 4.79 Å². The molecule has 0 radical (unpaired) electrons. The Morgan fingerprint density at radius 2 is 2.55 bits per heavy atom. The summed E-state index contributed by atoms with van der Waals surface area (Å²) in [5.74, 6) is -0.932. The Balaban J connectivity index is 2.82. The molecule has 1 heterocycles. The first kappa shape index (κ1) is 7.87. The standard InChI is InChI=1S/C6H6N2O2S/c1-4(6(9)10)2-5-3-11-8-7-5/h2-3H,1H3,(H,9,10)/b4-2-. The zero-order chi connectivity index (χ0) is 8.27. The van der Waals surface area contributed by atoms with Gasteiger partial charge in [0.25, 0.3) is 0 Å². The number of aromatic nitrogens is 2. The second-order valence-electron chi connectivity index (χ2n) is 1.96. The van der Waals surface area contributed by atoms with E-state index in [1.807, 2.05) is 0 Å². The third-order valence-electron chi connectivity index (χ3n) is 1.08. The first-order chi connectivity index (χ1) is 5.20. The number of aliphatic carboxylic acids is 1. The highest BCUT2D eigenvalue weighted by molar-refractivity contribution is 7.03. The van der Waals surface area contributed by atoms with Gasteiger partial charge < -0.3 is 5.11 Å². The summed E-state index contributed by atoms with van der Waals surface area (Å²) < 4.78 is 3.59. The fraction of sp³-hybridized carbons (Fsp3) is 0.167. The largest absolute Gasteiger partial charge is 0.478 e. The molecule has 0 aliphatic carbocycles. The van der Waals surface area contributed by atoms with Crippen LogP contribution in [0.25, 0.3) is 6.08 Å². The Bertz CT molecular complexity index is 279. The molecule has 1 aromatic heterocycles. The van der Waals surface area contributed by atoms with Gasteiger partial charge in [-0.15, -0.1) is 5.10 Å². The maximum Gasteiger partial charge on any atom is 0.331 e. The summed E-state index contributed by atoms with van der Waals surface area (Å²) in [6, 6.07) is 0. The van der Waals surface area contributed by atoms with Crippen molar-refractivity contribution in [2.45, 2.75) is 6.92 Å². The van der Waals surface area contributed by atoms with Crippen LogP contribution in [0.4, 0.5) is 0 Å². The maximum absolute atomic E-state index is 10.3. The number of nitrogens with zero attached hydrogens (tertiary/aromatic N) is 2. The monoisotopic (exact) mass is 170 g/mol. The lowest BCUT2D eigenvalue weighted by Crippen LogP contribution is -1.95. The molecule has 0 amide bonds. The van der Waals surface area contributed by atoms with Gasteiger partial charge in [0.2, 0.25) is 0 Å². The minimum absolute atomic E-state index is 0.262. The molecular weight excluding hydrogens is 164 g/mol. The molecular formula is C6H6N2O2S. The lowest BCUT2D eigenvalue weighted by Gasteiger charge is -1.87. The zero-order valence-corrected chi connectivity index (χ0v) is 6.63. The molecule has 11 heavy (non-hydrogen) atoms. The summed E-state index contributed by atoms with van der Waals surface area (Å²) in [5.41, 5.74) is 0.854. The minimum atomic E-state index is -0.932. The maximum atomic E-state index is 10.3. The number of hydrogen-bond donors (Lipinski definition) is 1. The van der Waals surface area contributed by atoms with E-state index in [4.69, 9.17) is 5.11 Å². The minimum Gasteiger partial charge on any atom is -0.478 e. The highest BCUT2D eigenvalue weighted by Crippen LogP contribution is 2.04. The van der Waals surface area contributed by atoms with Gasteiger partial charge in [0, 0.05) is 11.0 Å². The Morgan fingerprint density at radius 3 is 3.00 bits per heavy atom. The van der Waals surface area contributed by atoms with Crippen LogP contribution < -0.4 is 0 Å². The molecule has 58 valence electrons. The topological polar surface area (TPSA) is 63.1 Å². The molecule has 0 spiro atoms. The second kappa shape index (κ2) is 3.25. The van der Waals surface area contributed by atoms with Gasteiger partial charge in [0.15, 0.2) is 0 Å². The Labute approximate surface area is 67.3 Å². The van der Waals surface area contributed by atoms with Gasteiger partial charge >= 0.3 is 5.97 Å². The smallest absolute Gasteiger partial charge is 0.331 e. The predicted molar refractivity (Wildman–Crippen MR) is 41.2 cm³/mol. The van der Waals surface area contributed by atoms with Crippen LogP contribution in [0.3, 0.4) is 0 Å². The molecule has 1 N–H and O–H groups in total. The Kier molecular flexibility index (Phi) is 2.32. The summed E-state index contributed by atoms with van der Waals surface area (Å²) in [5, 5.41) is 13.8. The third-order valence-corrected chi connectivity index (χ3v) is 1.60. The van der Waals surface area contributed by atoms with Crippen molar-refractivity contribution in [3.05, 3.63) is 16.6 Å². The van der Waals surface area contributed by atoms with Gasteiger partial charge in [0.1, 0.15) is 0 Å². The Morgan fingerprint density at radius 1 is 1.82 bits per heavy atom. The van der Waals surface area contributed by atoms with Gasteiger partial charge in [-0.1, -0.05) is 4.49 Å². The van der Waals surface area contributed by atoms with Crippen LogP contribution in [0.15, 0.2) is 11.0 Å². The molecule has 1 aromatic rings. The van der Waals surface area contributed by atoms with Crippen LogP contribution in [0.2, 0.25) is 0 Å². The van der Waals surface area contributed by atoms with Crippen molar-refractivity contribution in [3.8, 4) is 0 Å². The fourth-order valence-electron chi connectivity index (χ4n) is 0.518. The molecule has 0 aliphatic rings. The average molecular weight is 170 g/mol. The lowest BCUT2D eigenvalue weighted by atomic mass is 10.2. The first-order valence-corrected chi connectivity index (χ1v) is 3.72. The normalized spacial score (nSPS) is 11.5. The number of carboxylic acids is 1. The molecule has 0 aliphatic heterocycles. The van der Waals surface area contributed by atoms with Crippen molar-refractivity contribution >= 4 is 23.6 Å². The number of carboxylic acid groups (broad SMARTS) is 1. The van der Waals surface area contributed by atoms with Gasteiger partial charge in [-0.05, 0) is 24.5 Å². The summed E-state index contributed by atoms with van der Waals surface area (Å²) >= 11 is 1.19.